The number of nitrogens with one attached hydrogen (secondary N) is 2. The van der Waals surface area contributed by atoms with Gasteiger partial charge in [-0.1, -0.05) is 0 Å². The third-order valence-electron chi connectivity index (χ3n) is 2.07. The first-order valence-corrected chi connectivity index (χ1v) is 5.05. The molecular formula is C9H11F3N2O4. The van der Waals surface area contributed by atoms with Crippen LogP contribution in [0.5, 0.6) is 0 Å². The molecule has 0 radical (unpaired) electrons. The molecule has 0 aromatic carbocycles. The summed E-state index contributed by atoms with van der Waals surface area (Å²) in [5.74, 6) is -1.96. The van der Waals surface area contributed by atoms with Gasteiger partial charge >= 0.3 is 6.18 Å². The van der Waals surface area contributed by atoms with Crippen molar-refractivity contribution in [3.8, 4) is 0 Å². The van der Waals surface area contributed by atoms with E-state index in [2.05, 4.69) is 10.1 Å². The van der Waals surface area contributed by atoms with Crippen molar-refractivity contribution >= 4 is 17.7 Å². The number of carbonyl (C=O) groups excluding carboxylic acids is 3. The normalized spacial score (nSPS) is 20.5. The van der Waals surface area contributed by atoms with Gasteiger partial charge in [-0.25, -0.2) is 0 Å². The van der Waals surface area contributed by atoms with Gasteiger partial charge in [0.2, 0.25) is 17.7 Å². The molecule has 6 nitrogen and oxygen atoms in total. The molecular weight excluding hydrogens is 257 g/mol. The summed E-state index contributed by atoms with van der Waals surface area (Å²) < 4.78 is 39.3. The van der Waals surface area contributed by atoms with E-state index in [9.17, 15) is 27.6 Å². The number of hydrogen-bond acceptors (Lipinski definition) is 4. The smallest absolute Gasteiger partial charge is 0.362 e. The zero-order chi connectivity index (χ0) is 13.8. The second kappa shape index (κ2) is 5.80. The predicted octanol–water partition coefficient (Wildman–Crippen LogP) is -0.513. The highest BCUT2D eigenvalue weighted by Crippen LogP contribution is 2.14. The Hall–Kier alpha value is -1.64. The van der Waals surface area contributed by atoms with E-state index in [1.807, 2.05) is 5.32 Å². The first-order valence-electron chi connectivity index (χ1n) is 5.05. The fourth-order valence-electron chi connectivity index (χ4n) is 1.33. The number of imide groups is 1. The van der Waals surface area contributed by atoms with Crippen molar-refractivity contribution in [3.05, 3.63) is 0 Å². The second-order valence-electron chi connectivity index (χ2n) is 3.68. The maximum Gasteiger partial charge on any atom is 0.411 e. The lowest BCUT2D eigenvalue weighted by Gasteiger charge is -2.21. The molecule has 0 aliphatic carbocycles. The fraction of sp³-hybridized carbons (Fsp3) is 0.667. The molecule has 2 N–H and O–H groups in total. The van der Waals surface area contributed by atoms with Crippen molar-refractivity contribution in [2.24, 2.45) is 0 Å². The summed E-state index contributed by atoms with van der Waals surface area (Å²) in [6.45, 7) is -2.33. The van der Waals surface area contributed by atoms with E-state index in [0.717, 1.165) is 0 Å². The van der Waals surface area contributed by atoms with Crippen molar-refractivity contribution < 1.29 is 32.3 Å². The van der Waals surface area contributed by atoms with Gasteiger partial charge < -0.3 is 10.1 Å². The van der Waals surface area contributed by atoms with Crippen LogP contribution in [0.4, 0.5) is 13.2 Å². The molecule has 1 fully saturated rings. The van der Waals surface area contributed by atoms with Crippen LogP contribution in [0.25, 0.3) is 0 Å². The Morgan fingerprint density at radius 3 is 2.67 bits per heavy atom. The van der Waals surface area contributed by atoms with Crippen molar-refractivity contribution in [3.63, 3.8) is 0 Å². The molecule has 1 rings (SSSR count). The summed E-state index contributed by atoms with van der Waals surface area (Å²) in [5, 5.41) is 4.18. The van der Waals surface area contributed by atoms with E-state index in [0.29, 0.717) is 0 Å². The molecule has 1 atom stereocenters. The highest BCUT2D eigenvalue weighted by Gasteiger charge is 2.29. The lowest BCUT2D eigenvalue weighted by molar-refractivity contribution is -0.176. The van der Waals surface area contributed by atoms with Gasteiger partial charge in [-0.2, -0.15) is 13.2 Å². The summed E-state index contributed by atoms with van der Waals surface area (Å²) in [7, 11) is 0. The largest absolute Gasteiger partial charge is 0.411 e. The highest BCUT2D eigenvalue weighted by molar-refractivity contribution is 6.01. The van der Waals surface area contributed by atoms with Gasteiger partial charge in [0.1, 0.15) is 19.3 Å². The van der Waals surface area contributed by atoms with Crippen LogP contribution in [-0.2, 0) is 19.1 Å². The molecule has 0 spiro atoms. The molecule has 1 unspecified atom stereocenters. The van der Waals surface area contributed by atoms with Crippen LogP contribution in [0.3, 0.4) is 0 Å². The highest BCUT2D eigenvalue weighted by atomic mass is 19.4. The molecule has 102 valence electrons. The zero-order valence-electron chi connectivity index (χ0n) is 9.17. The summed E-state index contributed by atoms with van der Waals surface area (Å²) in [6.07, 6.45) is -4.31. The third-order valence-corrected chi connectivity index (χ3v) is 2.07. The van der Waals surface area contributed by atoms with Gasteiger partial charge in [0.15, 0.2) is 0 Å². The lowest BCUT2D eigenvalue weighted by Crippen LogP contribution is -2.53. The molecule has 18 heavy (non-hydrogen) atoms. The van der Waals surface area contributed by atoms with Crippen LogP contribution in [0.2, 0.25) is 0 Å². The Bertz CT molecular complexity index is 356. The van der Waals surface area contributed by atoms with Crippen molar-refractivity contribution in [2.45, 2.75) is 25.1 Å². The number of alkyl halides is 3. The molecule has 3 amide bonds. The zero-order valence-corrected chi connectivity index (χ0v) is 9.17. The van der Waals surface area contributed by atoms with E-state index in [1.165, 1.54) is 0 Å². The quantitative estimate of drug-likeness (QED) is 0.672. The lowest BCUT2D eigenvalue weighted by atomic mass is 10.1. The van der Waals surface area contributed by atoms with Crippen LogP contribution in [0.15, 0.2) is 0 Å². The molecule has 0 bridgehead atoms. The van der Waals surface area contributed by atoms with Gasteiger partial charge in [-0.3, -0.25) is 19.7 Å². The SMILES string of the molecule is O=C1CCC(NC(=O)COCC(F)(F)F)C(=O)N1. The maximum atomic E-state index is 11.7. The predicted molar refractivity (Wildman–Crippen MR) is 51.2 cm³/mol. The third kappa shape index (κ3) is 5.13. The Morgan fingerprint density at radius 1 is 1.44 bits per heavy atom. The summed E-state index contributed by atoms with van der Waals surface area (Å²) >= 11 is 0. The van der Waals surface area contributed by atoms with Gasteiger partial charge in [-0.05, 0) is 6.42 Å². The van der Waals surface area contributed by atoms with Crippen LogP contribution in [0.1, 0.15) is 12.8 Å². The average Bonchev–Trinajstić information content (AvgIpc) is 2.20. The number of hydrogen-bond donors (Lipinski definition) is 2. The minimum Gasteiger partial charge on any atom is -0.362 e. The number of halogens is 3. The minimum absolute atomic E-state index is 0.0695. The molecule has 0 aromatic heterocycles. The van der Waals surface area contributed by atoms with Gasteiger partial charge in [0.05, 0.1) is 0 Å². The van der Waals surface area contributed by atoms with Gasteiger partial charge in [-0.15, -0.1) is 0 Å². The molecule has 1 aliphatic rings. The maximum absolute atomic E-state index is 11.7. The molecule has 1 heterocycles. The molecule has 0 aromatic rings. The van der Waals surface area contributed by atoms with Gasteiger partial charge in [0, 0.05) is 6.42 Å². The average molecular weight is 268 g/mol. The standard InChI is InChI=1S/C9H11F3N2O4/c10-9(11,12)4-18-3-7(16)13-5-1-2-6(15)14-8(5)17/h5H,1-4H2,(H,13,16)(H,14,15,17). The summed E-state index contributed by atoms with van der Waals surface area (Å²) in [6, 6.07) is -0.912. The first kappa shape index (κ1) is 14.4. The van der Waals surface area contributed by atoms with E-state index >= 15 is 0 Å². The molecule has 0 saturated carbocycles. The minimum atomic E-state index is -4.51. The van der Waals surface area contributed by atoms with Crippen LogP contribution < -0.4 is 10.6 Å². The number of amides is 3. The van der Waals surface area contributed by atoms with Crippen LogP contribution in [-0.4, -0.2) is 43.2 Å². The van der Waals surface area contributed by atoms with Crippen molar-refractivity contribution in [1.82, 2.24) is 10.6 Å². The Kier molecular flexibility index (Phi) is 4.65. The topological polar surface area (TPSA) is 84.5 Å². The van der Waals surface area contributed by atoms with Gasteiger partial charge in [0.25, 0.3) is 0 Å². The number of ether oxygens (including phenoxy) is 1. The van der Waals surface area contributed by atoms with Crippen LogP contribution in [0, 0.1) is 0 Å². The van der Waals surface area contributed by atoms with Crippen molar-refractivity contribution in [2.75, 3.05) is 13.2 Å². The fourth-order valence-corrected chi connectivity index (χ4v) is 1.33. The summed E-state index contributed by atoms with van der Waals surface area (Å²) in [4.78, 5) is 33.2. The van der Waals surface area contributed by atoms with E-state index in [4.69, 9.17) is 0 Å². The Labute approximate surface area is 99.8 Å². The molecule has 1 saturated heterocycles. The monoisotopic (exact) mass is 268 g/mol. The number of rotatable bonds is 4. The first-order chi connectivity index (χ1) is 8.28. The number of carbonyl (C=O) groups is 3. The summed E-state index contributed by atoms with van der Waals surface area (Å²) in [5.41, 5.74) is 0. The Balaban J connectivity index is 2.28. The second-order valence-corrected chi connectivity index (χ2v) is 3.68. The van der Waals surface area contributed by atoms with E-state index in [-0.39, 0.29) is 12.8 Å². The van der Waals surface area contributed by atoms with Crippen LogP contribution >= 0.6 is 0 Å². The van der Waals surface area contributed by atoms with Crippen molar-refractivity contribution in [1.29, 1.82) is 0 Å². The number of piperidine rings is 1. The molecule has 1 aliphatic heterocycles. The molecule has 9 heteroatoms. The Morgan fingerprint density at radius 2 is 2.11 bits per heavy atom. The van der Waals surface area contributed by atoms with E-state index < -0.39 is 43.2 Å². The van der Waals surface area contributed by atoms with E-state index in [1.54, 1.807) is 0 Å².